The van der Waals surface area contributed by atoms with Gasteiger partial charge in [-0.05, 0) is 49.3 Å². The Morgan fingerprint density at radius 1 is 1.37 bits per heavy atom. The number of hydrogen-bond donors (Lipinski definition) is 1. The first-order chi connectivity index (χ1) is 9.17. The van der Waals surface area contributed by atoms with Crippen molar-refractivity contribution < 1.29 is 9.53 Å². The lowest BCUT2D eigenvalue weighted by Crippen LogP contribution is -2.38. The fraction of sp³-hybridized carbons (Fsp3) is 0.533. The van der Waals surface area contributed by atoms with E-state index >= 15 is 0 Å². The van der Waals surface area contributed by atoms with Gasteiger partial charge in [0.05, 0.1) is 12.1 Å². The van der Waals surface area contributed by atoms with Crippen molar-refractivity contribution in [1.82, 2.24) is 5.32 Å². The van der Waals surface area contributed by atoms with Gasteiger partial charge in [-0.25, -0.2) is 0 Å². The zero-order chi connectivity index (χ0) is 13.4. The molecule has 0 unspecified atom stereocenters. The third kappa shape index (κ3) is 2.44. The van der Waals surface area contributed by atoms with Crippen LogP contribution in [0, 0.1) is 11.8 Å². The van der Waals surface area contributed by atoms with Gasteiger partial charge in [-0.3, -0.25) is 4.79 Å². The SMILES string of the molecule is COc1ccc(C(=O)N[C@H]2C[C@H]3CC[C@@H]2C3)cc1Cl. The Kier molecular flexibility index (Phi) is 3.40. The molecule has 0 saturated heterocycles. The Hall–Kier alpha value is -1.22. The van der Waals surface area contributed by atoms with Gasteiger partial charge in [0.15, 0.2) is 0 Å². The second kappa shape index (κ2) is 5.04. The molecule has 1 aromatic carbocycles. The van der Waals surface area contributed by atoms with Gasteiger partial charge in [0, 0.05) is 11.6 Å². The summed E-state index contributed by atoms with van der Waals surface area (Å²) >= 11 is 6.05. The van der Waals surface area contributed by atoms with E-state index in [1.807, 2.05) is 0 Å². The molecule has 4 heteroatoms. The van der Waals surface area contributed by atoms with Gasteiger partial charge in [-0.15, -0.1) is 0 Å². The number of methoxy groups -OCH3 is 1. The Balaban J connectivity index is 1.69. The maximum Gasteiger partial charge on any atom is 0.251 e. The minimum Gasteiger partial charge on any atom is -0.495 e. The number of benzene rings is 1. The molecule has 102 valence electrons. The molecule has 2 aliphatic rings. The lowest BCUT2D eigenvalue weighted by molar-refractivity contribution is 0.0923. The predicted octanol–water partition coefficient (Wildman–Crippen LogP) is 3.27. The summed E-state index contributed by atoms with van der Waals surface area (Å²) in [5, 5.41) is 3.63. The third-order valence-corrected chi connectivity index (χ3v) is 4.76. The molecule has 1 aromatic rings. The van der Waals surface area contributed by atoms with Crippen LogP contribution in [0.3, 0.4) is 0 Å². The molecule has 0 radical (unpaired) electrons. The Bertz CT molecular complexity index is 503. The zero-order valence-corrected chi connectivity index (χ0v) is 11.7. The van der Waals surface area contributed by atoms with Crippen LogP contribution in [0.25, 0.3) is 0 Å². The van der Waals surface area contributed by atoms with Crippen molar-refractivity contribution in [3.05, 3.63) is 28.8 Å². The van der Waals surface area contributed by atoms with Crippen molar-refractivity contribution in [2.24, 2.45) is 11.8 Å². The molecule has 0 heterocycles. The van der Waals surface area contributed by atoms with Crippen LogP contribution in [0.15, 0.2) is 18.2 Å². The van der Waals surface area contributed by atoms with Gasteiger partial charge in [0.1, 0.15) is 5.75 Å². The van der Waals surface area contributed by atoms with E-state index in [1.165, 1.54) is 19.3 Å². The van der Waals surface area contributed by atoms with Crippen LogP contribution in [0.2, 0.25) is 5.02 Å². The van der Waals surface area contributed by atoms with Gasteiger partial charge in [0.2, 0.25) is 0 Å². The first-order valence-corrected chi connectivity index (χ1v) is 7.19. The number of nitrogens with one attached hydrogen (secondary N) is 1. The van der Waals surface area contributed by atoms with E-state index < -0.39 is 0 Å². The summed E-state index contributed by atoms with van der Waals surface area (Å²) in [6, 6.07) is 5.51. The zero-order valence-electron chi connectivity index (χ0n) is 11.0. The fourth-order valence-corrected chi connectivity index (χ4v) is 3.74. The van der Waals surface area contributed by atoms with Gasteiger partial charge >= 0.3 is 0 Å². The fourth-order valence-electron chi connectivity index (χ4n) is 3.48. The van der Waals surface area contributed by atoms with Crippen LogP contribution in [0.4, 0.5) is 0 Å². The molecule has 2 bridgehead atoms. The second-order valence-electron chi connectivity index (χ2n) is 5.60. The van der Waals surface area contributed by atoms with E-state index in [9.17, 15) is 4.79 Å². The number of fused-ring (bicyclic) bond motifs is 2. The standard InChI is InChI=1S/C15H18ClNO2/c1-19-14-5-4-11(8-12(14)16)15(18)17-13-7-9-2-3-10(13)6-9/h4-5,8-10,13H,2-3,6-7H2,1H3,(H,17,18)/t9-,10+,13-/m0/s1. The number of amides is 1. The van der Waals surface area contributed by atoms with Crippen LogP contribution in [0.1, 0.15) is 36.0 Å². The second-order valence-corrected chi connectivity index (χ2v) is 6.01. The lowest BCUT2D eigenvalue weighted by atomic mass is 9.95. The largest absolute Gasteiger partial charge is 0.495 e. The highest BCUT2D eigenvalue weighted by Crippen LogP contribution is 2.44. The molecule has 3 nitrogen and oxygen atoms in total. The average molecular weight is 280 g/mol. The van der Waals surface area contributed by atoms with Crippen LogP contribution in [-0.2, 0) is 0 Å². The van der Waals surface area contributed by atoms with Crippen molar-refractivity contribution in [1.29, 1.82) is 0 Å². The van der Waals surface area contributed by atoms with Crippen molar-refractivity contribution >= 4 is 17.5 Å². The molecule has 19 heavy (non-hydrogen) atoms. The average Bonchev–Trinajstić information content (AvgIpc) is 3.00. The van der Waals surface area contributed by atoms with Crippen LogP contribution in [0.5, 0.6) is 5.75 Å². The van der Waals surface area contributed by atoms with Crippen LogP contribution < -0.4 is 10.1 Å². The first-order valence-electron chi connectivity index (χ1n) is 6.82. The van der Waals surface area contributed by atoms with Gasteiger partial charge in [-0.2, -0.15) is 0 Å². The molecular weight excluding hydrogens is 262 g/mol. The van der Waals surface area contributed by atoms with Crippen LogP contribution in [-0.4, -0.2) is 19.1 Å². The molecule has 0 spiro atoms. The number of carbonyl (C=O) groups is 1. The Morgan fingerprint density at radius 3 is 2.79 bits per heavy atom. The number of hydrogen-bond acceptors (Lipinski definition) is 2. The van der Waals surface area contributed by atoms with E-state index in [4.69, 9.17) is 16.3 Å². The highest BCUT2D eigenvalue weighted by molar-refractivity contribution is 6.32. The predicted molar refractivity (Wildman–Crippen MR) is 74.7 cm³/mol. The molecule has 2 saturated carbocycles. The monoisotopic (exact) mass is 279 g/mol. The molecule has 3 atom stereocenters. The number of rotatable bonds is 3. The van der Waals surface area contributed by atoms with Gasteiger partial charge in [0.25, 0.3) is 5.91 Å². The number of halogens is 1. The first kappa shape index (κ1) is 12.8. The quantitative estimate of drug-likeness (QED) is 0.922. The molecule has 3 rings (SSSR count). The smallest absolute Gasteiger partial charge is 0.251 e. The third-order valence-electron chi connectivity index (χ3n) is 4.47. The minimum absolute atomic E-state index is 0.0258. The number of carbonyl (C=O) groups excluding carboxylic acids is 1. The summed E-state index contributed by atoms with van der Waals surface area (Å²) in [5.74, 6) is 2.08. The Morgan fingerprint density at radius 2 is 2.21 bits per heavy atom. The summed E-state index contributed by atoms with van der Waals surface area (Å²) < 4.78 is 5.09. The van der Waals surface area contributed by atoms with E-state index in [1.54, 1.807) is 25.3 Å². The summed E-state index contributed by atoms with van der Waals surface area (Å²) in [6.07, 6.45) is 5.03. The summed E-state index contributed by atoms with van der Waals surface area (Å²) in [7, 11) is 1.57. The number of ether oxygens (including phenoxy) is 1. The molecule has 1 N–H and O–H groups in total. The maximum absolute atomic E-state index is 12.2. The minimum atomic E-state index is -0.0258. The highest BCUT2D eigenvalue weighted by Gasteiger charge is 2.40. The van der Waals surface area contributed by atoms with Crippen molar-refractivity contribution in [3.8, 4) is 5.75 Å². The van der Waals surface area contributed by atoms with Crippen molar-refractivity contribution in [2.45, 2.75) is 31.7 Å². The normalized spacial score (nSPS) is 28.4. The molecule has 2 fully saturated rings. The topological polar surface area (TPSA) is 38.3 Å². The Labute approximate surface area is 118 Å². The molecule has 1 amide bonds. The summed E-state index contributed by atoms with van der Waals surface area (Å²) in [6.45, 7) is 0. The van der Waals surface area contributed by atoms with Gasteiger partial charge in [-0.1, -0.05) is 18.0 Å². The molecule has 0 aliphatic heterocycles. The molecule has 2 aliphatic carbocycles. The molecule has 0 aromatic heterocycles. The van der Waals surface area contributed by atoms with E-state index in [-0.39, 0.29) is 5.91 Å². The lowest BCUT2D eigenvalue weighted by Gasteiger charge is -2.23. The van der Waals surface area contributed by atoms with Gasteiger partial charge < -0.3 is 10.1 Å². The molecular formula is C15H18ClNO2. The van der Waals surface area contributed by atoms with Crippen molar-refractivity contribution in [2.75, 3.05) is 7.11 Å². The highest BCUT2D eigenvalue weighted by atomic mass is 35.5. The van der Waals surface area contributed by atoms with Crippen LogP contribution >= 0.6 is 11.6 Å². The van der Waals surface area contributed by atoms with Crippen molar-refractivity contribution in [3.63, 3.8) is 0 Å². The maximum atomic E-state index is 12.2. The van der Waals surface area contributed by atoms with E-state index in [2.05, 4.69) is 5.32 Å². The van der Waals surface area contributed by atoms with E-state index in [0.29, 0.717) is 28.3 Å². The van der Waals surface area contributed by atoms with E-state index in [0.717, 1.165) is 12.3 Å². The summed E-state index contributed by atoms with van der Waals surface area (Å²) in [5.41, 5.74) is 0.605. The summed E-state index contributed by atoms with van der Waals surface area (Å²) in [4.78, 5) is 12.2.